The van der Waals surface area contributed by atoms with E-state index in [4.69, 9.17) is 5.84 Å². The fraction of sp³-hybridized carbons (Fsp3) is 0.857. The van der Waals surface area contributed by atoms with E-state index in [1.165, 1.54) is 0 Å². The summed E-state index contributed by atoms with van der Waals surface area (Å²) >= 11 is 1.02. The molecule has 0 unspecified atom stereocenters. The van der Waals surface area contributed by atoms with Gasteiger partial charge < -0.3 is 10.2 Å². The Hall–Kier alpha value is -0.950. The second-order valence-electron chi connectivity index (χ2n) is 5.84. The van der Waals surface area contributed by atoms with E-state index in [0.29, 0.717) is 6.54 Å². The Kier molecular flexibility index (Phi) is 9.44. The van der Waals surface area contributed by atoms with Crippen LogP contribution < -0.4 is 11.2 Å². The van der Waals surface area contributed by atoms with E-state index in [2.05, 4.69) is 19.2 Å². The van der Waals surface area contributed by atoms with Gasteiger partial charge in [0.2, 0.25) is 5.91 Å². The van der Waals surface area contributed by atoms with Crippen LogP contribution in [0.1, 0.15) is 53.4 Å². The third kappa shape index (κ3) is 8.83. The van der Waals surface area contributed by atoms with E-state index in [0.717, 1.165) is 42.0 Å². The van der Waals surface area contributed by atoms with Crippen LogP contribution in [0.4, 0.5) is 4.79 Å². The number of unbranched alkanes of at least 4 members (excludes halogenated alkanes) is 1. The topological polar surface area (TPSA) is 78.7 Å². The smallest absolute Gasteiger partial charge is 0.344 e. The molecule has 3 amide bonds. The van der Waals surface area contributed by atoms with Crippen molar-refractivity contribution in [2.45, 2.75) is 58.9 Å². The van der Waals surface area contributed by atoms with E-state index >= 15 is 0 Å². The number of rotatable bonds is 9. The number of urea groups is 1. The molecule has 0 aliphatic heterocycles. The monoisotopic (exact) mass is 318 g/mol. The third-order valence-electron chi connectivity index (χ3n) is 3.05. The largest absolute Gasteiger partial charge is 0.350 e. The molecular formula is C14H30N4O2S. The quantitative estimate of drug-likeness (QED) is 0.296. The van der Waals surface area contributed by atoms with Gasteiger partial charge in [-0.05, 0) is 38.6 Å². The van der Waals surface area contributed by atoms with Crippen LogP contribution in [0.15, 0.2) is 0 Å². The number of nitrogens with two attached hydrogens (primary N) is 1. The van der Waals surface area contributed by atoms with Crippen LogP contribution in [0, 0.1) is 0 Å². The minimum absolute atomic E-state index is 0.113. The number of hydrogen-bond acceptors (Lipinski definition) is 4. The normalized spacial score (nSPS) is 11.1. The van der Waals surface area contributed by atoms with Crippen molar-refractivity contribution in [2.75, 3.05) is 19.3 Å². The molecule has 0 saturated heterocycles. The van der Waals surface area contributed by atoms with E-state index < -0.39 is 0 Å². The number of nitrogens with one attached hydrogen (secondary N) is 1. The predicted molar refractivity (Wildman–Crippen MR) is 88.5 cm³/mol. The standard InChI is InChI=1S/C14H30N4O2S/c1-6-8-10-17(5)13(20)18(15)21-11-12(19)16-14(3,4)9-7-2/h6-11,15H2,1-5H3,(H,16,19). The highest BCUT2D eigenvalue weighted by Gasteiger charge is 2.21. The highest BCUT2D eigenvalue weighted by atomic mass is 32.2. The predicted octanol–water partition coefficient (Wildman–Crippen LogP) is 2.36. The average molecular weight is 318 g/mol. The summed E-state index contributed by atoms with van der Waals surface area (Å²) in [6.07, 6.45) is 3.87. The van der Waals surface area contributed by atoms with Crippen LogP contribution in [0.5, 0.6) is 0 Å². The summed E-state index contributed by atoms with van der Waals surface area (Å²) in [5.74, 6) is 5.71. The first-order valence-corrected chi connectivity index (χ1v) is 8.41. The second kappa shape index (κ2) is 9.89. The van der Waals surface area contributed by atoms with Crippen molar-refractivity contribution >= 4 is 23.9 Å². The number of carbonyl (C=O) groups is 2. The molecule has 0 atom stereocenters. The van der Waals surface area contributed by atoms with Crippen molar-refractivity contribution in [1.29, 1.82) is 0 Å². The summed E-state index contributed by atoms with van der Waals surface area (Å²) in [7, 11) is 1.71. The zero-order valence-corrected chi connectivity index (χ0v) is 14.8. The van der Waals surface area contributed by atoms with Gasteiger partial charge in [-0.3, -0.25) is 4.79 Å². The molecule has 0 spiro atoms. The van der Waals surface area contributed by atoms with Crippen LogP contribution in [-0.2, 0) is 4.79 Å². The van der Waals surface area contributed by atoms with Gasteiger partial charge in [0.25, 0.3) is 0 Å². The van der Waals surface area contributed by atoms with Crippen LogP contribution in [0.25, 0.3) is 0 Å². The number of nitrogens with zero attached hydrogens (tertiary/aromatic N) is 2. The molecule has 124 valence electrons. The summed E-state index contributed by atoms with van der Waals surface area (Å²) in [4.78, 5) is 25.4. The summed E-state index contributed by atoms with van der Waals surface area (Å²) < 4.78 is 1.03. The molecule has 0 saturated carbocycles. The summed E-state index contributed by atoms with van der Waals surface area (Å²) in [5.41, 5.74) is -0.228. The highest BCUT2D eigenvalue weighted by molar-refractivity contribution is 7.98. The summed E-state index contributed by atoms with van der Waals surface area (Å²) in [6, 6.07) is -0.283. The molecule has 0 aromatic carbocycles. The Bertz CT molecular complexity index is 337. The fourth-order valence-electron chi connectivity index (χ4n) is 1.94. The molecule has 0 aromatic heterocycles. The first-order chi connectivity index (χ1) is 9.73. The maximum atomic E-state index is 11.9. The molecule has 0 radical (unpaired) electrons. The first-order valence-electron chi connectivity index (χ1n) is 7.47. The first kappa shape index (κ1) is 20.1. The lowest BCUT2D eigenvalue weighted by Gasteiger charge is -2.27. The van der Waals surface area contributed by atoms with Gasteiger partial charge in [-0.25, -0.2) is 15.1 Å². The minimum Gasteiger partial charge on any atom is -0.350 e. The van der Waals surface area contributed by atoms with E-state index in [1.54, 1.807) is 11.9 Å². The van der Waals surface area contributed by atoms with Gasteiger partial charge in [-0.1, -0.05) is 26.7 Å². The number of carbonyl (C=O) groups excluding carboxylic acids is 2. The highest BCUT2D eigenvalue weighted by Crippen LogP contribution is 2.12. The number of hydrogen-bond donors (Lipinski definition) is 2. The molecule has 6 nitrogen and oxygen atoms in total. The maximum Gasteiger partial charge on any atom is 0.344 e. The average Bonchev–Trinajstić information content (AvgIpc) is 2.40. The SMILES string of the molecule is CCCCN(C)C(=O)N(N)SCC(=O)NC(C)(C)CCC. The zero-order chi connectivity index (χ0) is 16.5. The lowest BCUT2D eigenvalue weighted by molar-refractivity contribution is -0.120. The van der Waals surface area contributed by atoms with E-state index in [-0.39, 0.29) is 23.2 Å². The Balaban J connectivity index is 4.14. The van der Waals surface area contributed by atoms with Gasteiger partial charge in [-0.2, -0.15) is 0 Å². The van der Waals surface area contributed by atoms with Crippen molar-refractivity contribution in [1.82, 2.24) is 14.6 Å². The van der Waals surface area contributed by atoms with E-state index in [9.17, 15) is 9.59 Å². The van der Waals surface area contributed by atoms with Gasteiger partial charge in [0.15, 0.2) is 0 Å². The van der Waals surface area contributed by atoms with Crippen molar-refractivity contribution in [3.05, 3.63) is 0 Å². The Morgan fingerprint density at radius 2 is 1.86 bits per heavy atom. The van der Waals surface area contributed by atoms with Crippen molar-refractivity contribution in [3.63, 3.8) is 0 Å². The molecule has 3 N–H and O–H groups in total. The Morgan fingerprint density at radius 1 is 1.24 bits per heavy atom. The molecule has 21 heavy (non-hydrogen) atoms. The van der Waals surface area contributed by atoms with E-state index in [1.807, 2.05) is 13.8 Å². The minimum atomic E-state index is -0.283. The van der Waals surface area contributed by atoms with Gasteiger partial charge in [0.05, 0.1) is 5.75 Å². The van der Waals surface area contributed by atoms with Gasteiger partial charge >= 0.3 is 6.03 Å². The van der Waals surface area contributed by atoms with Crippen molar-refractivity contribution < 1.29 is 9.59 Å². The third-order valence-corrected chi connectivity index (χ3v) is 3.88. The maximum absolute atomic E-state index is 11.9. The van der Waals surface area contributed by atoms with Crippen LogP contribution in [-0.4, -0.2) is 46.1 Å². The van der Waals surface area contributed by atoms with Crippen LogP contribution in [0.3, 0.4) is 0 Å². The Labute approximate surface area is 132 Å². The molecule has 0 rings (SSSR count). The van der Waals surface area contributed by atoms with Gasteiger partial charge in [-0.15, -0.1) is 0 Å². The number of hydrazine groups is 1. The van der Waals surface area contributed by atoms with Gasteiger partial charge in [0.1, 0.15) is 0 Å². The zero-order valence-electron chi connectivity index (χ0n) is 13.9. The Morgan fingerprint density at radius 3 is 2.38 bits per heavy atom. The van der Waals surface area contributed by atoms with Gasteiger partial charge in [0, 0.05) is 19.1 Å². The van der Waals surface area contributed by atoms with Crippen LogP contribution in [0.2, 0.25) is 0 Å². The molecule has 0 heterocycles. The molecule has 0 fully saturated rings. The molecule has 7 heteroatoms. The second-order valence-corrected chi connectivity index (χ2v) is 6.78. The van der Waals surface area contributed by atoms with Crippen LogP contribution >= 0.6 is 11.9 Å². The molecule has 0 aliphatic rings. The lowest BCUT2D eigenvalue weighted by atomic mass is 9.99. The molecular weight excluding hydrogens is 288 g/mol. The molecule has 0 aliphatic carbocycles. The summed E-state index contributed by atoms with van der Waals surface area (Å²) in [5, 5.41) is 2.95. The van der Waals surface area contributed by atoms with Crippen molar-refractivity contribution in [3.8, 4) is 0 Å². The summed E-state index contributed by atoms with van der Waals surface area (Å²) in [6.45, 7) is 8.79. The molecule has 0 bridgehead atoms. The molecule has 0 aromatic rings. The number of amides is 3. The lowest BCUT2D eigenvalue weighted by Crippen LogP contribution is -2.46. The fourth-order valence-corrected chi connectivity index (χ4v) is 2.52. The van der Waals surface area contributed by atoms with Crippen molar-refractivity contribution in [2.24, 2.45) is 5.84 Å².